The van der Waals surface area contributed by atoms with Gasteiger partial charge >= 0.3 is 0 Å². The highest BCUT2D eigenvalue weighted by atomic mass is 32.1. The molecule has 0 bridgehead atoms. The van der Waals surface area contributed by atoms with Gasteiger partial charge in [0.15, 0.2) is 0 Å². The maximum Gasteiger partial charge on any atom is 0.254 e. The van der Waals surface area contributed by atoms with Crippen LogP contribution in [0.4, 0.5) is 0 Å². The molecule has 0 saturated carbocycles. The minimum absolute atomic E-state index is 0.0127. The number of benzene rings is 2. The van der Waals surface area contributed by atoms with E-state index in [9.17, 15) is 9.59 Å². The number of hydrogen-bond acceptors (Lipinski definition) is 5. The Morgan fingerprint density at radius 2 is 1.81 bits per heavy atom. The molecule has 0 atom stereocenters. The van der Waals surface area contributed by atoms with Gasteiger partial charge < -0.3 is 14.5 Å². The number of carbonyl (C=O) groups is 2. The van der Waals surface area contributed by atoms with Crippen molar-refractivity contribution in [2.24, 2.45) is 0 Å². The molecule has 7 heteroatoms. The van der Waals surface area contributed by atoms with Crippen LogP contribution in [0.1, 0.15) is 33.8 Å². The van der Waals surface area contributed by atoms with E-state index in [-0.39, 0.29) is 11.8 Å². The van der Waals surface area contributed by atoms with Crippen LogP contribution in [-0.2, 0) is 11.2 Å². The summed E-state index contributed by atoms with van der Waals surface area (Å²) < 4.78 is 6.52. The van der Waals surface area contributed by atoms with E-state index in [1.54, 1.807) is 24.5 Å². The number of thiazole rings is 1. The molecule has 0 spiro atoms. The summed E-state index contributed by atoms with van der Waals surface area (Å²) in [5, 5.41) is 1.08. The molecule has 1 aliphatic heterocycles. The lowest BCUT2D eigenvalue weighted by atomic mass is 10.1. The van der Waals surface area contributed by atoms with Crippen molar-refractivity contribution in [1.82, 2.24) is 14.8 Å². The van der Waals surface area contributed by atoms with Crippen LogP contribution in [0.3, 0.4) is 0 Å². The number of aryl methyl sites for hydroxylation is 2. The lowest BCUT2D eigenvalue weighted by molar-refractivity contribution is -0.132. The number of para-hydroxylation sites is 1. The van der Waals surface area contributed by atoms with Gasteiger partial charge in [0.2, 0.25) is 5.91 Å². The maximum absolute atomic E-state index is 12.8. The number of methoxy groups -OCH3 is 1. The minimum atomic E-state index is -0.0127. The quantitative estimate of drug-likeness (QED) is 0.586. The molecule has 3 aromatic rings. The SMILES string of the molecule is COc1cc(C(=O)N2CCN(C(=O)CCCc3nc4ccccc4s3)CC2)ccc1C. The topological polar surface area (TPSA) is 62.7 Å². The molecule has 2 amide bonds. The molecule has 162 valence electrons. The van der Waals surface area contributed by atoms with Crippen LogP contribution in [-0.4, -0.2) is 59.9 Å². The average Bonchev–Trinajstić information content (AvgIpc) is 3.22. The zero-order chi connectivity index (χ0) is 21.8. The summed E-state index contributed by atoms with van der Waals surface area (Å²) in [5.74, 6) is 0.860. The van der Waals surface area contributed by atoms with Crippen LogP contribution in [0.15, 0.2) is 42.5 Å². The van der Waals surface area contributed by atoms with E-state index in [0.29, 0.717) is 43.9 Å². The zero-order valence-electron chi connectivity index (χ0n) is 18.0. The second-order valence-corrected chi connectivity index (χ2v) is 8.90. The fraction of sp³-hybridized carbons (Fsp3) is 0.375. The predicted octanol–water partition coefficient (Wildman–Crippen LogP) is 3.92. The van der Waals surface area contributed by atoms with Crippen LogP contribution in [0.5, 0.6) is 5.75 Å². The highest BCUT2D eigenvalue weighted by Crippen LogP contribution is 2.23. The Balaban J connectivity index is 1.25. The Kier molecular flexibility index (Phi) is 6.51. The van der Waals surface area contributed by atoms with Crippen LogP contribution >= 0.6 is 11.3 Å². The molecule has 2 aromatic carbocycles. The molecule has 4 rings (SSSR count). The number of aromatic nitrogens is 1. The van der Waals surface area contributed by atoms with Gasteiger partial charge in [0.1, 0.15) is 5.75 Å². The van der Waals surface area contributed by atoms with Gasteiger partial charge in [-0.25, -0.2) is 4.98 Å². The van der Waals surface area contributed by atoms with Crippen molar-refractivity contribution < 1.29 is 14.3 Å². The van der Waals surface area contributed by atoms with E-state index in [1.165, 1.54) is 4.70 Å². The average molecular weight is 438 g/mol. The van der Waals surface area contributed by atoms with Gasteiger partial charge in [-0.05, 0) is 49.6 Å². The Morgan fingerprint density at radius 1 is 1.06 bits per heavy atom. The van der Waals surface area contributed by atoms with Crippen LogP contribution < -0.4 is 4.74 Å². The molecule has 0 N–H and O–H groups in total. The minimum Gasteiger partial charge on any atom is -0.496 e. The summed E-state index contributed by atoms with van der Waals surface area (Å²) in [5.41, 5.74) is 2.65. The standard InChI is InChI=1S/C24H27N3O3S/c1-17-10-11-18(16-20(17)30-2)24(29)27-14-12-26(13-15-27)23(28)9-5-8-22-25-19-6-3-4-7-21(19)31-22/h3-4,6-7,10-11,16H,5,8-9,12-15H2,1-2H3. The van der Waals surface area contributed by atoms with Gasteiger partial charge in [-0.15, -0.1) is 11.3 Å². The summed E-state index contributed by atoms with van der Waals surface area (Å²) >= 11 is 1.70. The lowest BCUT2D eigenvalue weighted by Gasteiger charge is -2.35. The molecule has 1 fully saturated rings. The number of amides is 2. The first kappa shape index (κ1) is 21.3. The first-order chi connectivity index (χ1) is 15.0. The first-order valence-corrected chi connectivity index (χ1v) is 11.4. The smallest absolute Gasteiger partial charge is 0.254 e. The third-order valence-corrected chi connectivity index (χ3v) is 6.79. The fourth-order valence-corrected chi connectivity index (χ4v) is 4.88. The third-order valence-electron chi connectivity index (χ3n) is 5.69. The molecule has 31 heavy (non-hydrogen) atoms. The number of hydrogen-bond donors (Lipinski definition) is 0. The van der Waals surface area contributed by atoms with Gasteiger partial charge in [0.25, 0.3) is 5.91 Å². The molecule has 0 aliphatic carbocycles. The van der Waals surface area contributed by atoms with Gasteiger partial charge in [-0.1, -0.05) is 18.2 Å². The second kappa shape index (κ2) is 9.47. The number of fused-ring (bicyclic) bond motifs is 1. The van der Waals surface area contributed by atoms with Crippen LogP contribution in [0.2, 0.25) is 0 Å². The number of rotatable bonds is 6. The molecule has 2 heterocycles. The van der Waals surface area contributed by atoms with Crippen molar-refractivity contribution in [3.05, 3.63) is 58.6 Å². The Hall–Kier alpha value is -2.93. The predicted molar refractivity (Wildman–Crippen MR) is 123 cm³/mol. The van der Waals surface area contributed by atoms with Gasteiger partial charge in [0, 0.05) is 38.2 Å². The molecule has 0 unspecified atom stereocenters. The first-order valence-electron chi connectivity index (χ1n) is 10.6. The summed E-state index contributed by atoms with van der Waals surface area (Å²) in [7, 11) is 1.61. The highest BCUT2D eigenvalue weighted by molar-refractivity contribution is 7.18. The lowest BCUT2D eigenvalue weighted by Crippen LogP contribution is -2.50. The third kappa shape index (κ3) is 4.88. The van der Waals surface area contributed by atoms with E-state index in [1.807, 2.05) is 47.1 Å². The van der Waals surface area contributed by atoms with Gasteiger partial charge in [-0.3, -0.25) is 9.59 Å². The van der Waals surface area contributed by atoms with Crippen molar-refractivity contribution >= 4 is 33.4 Å². The number of ether oxygens (including phenoxy) is 1. The van der Waals surface area contributed by atoms with Crippen molar-refractivity contribution in [2.45, 2.75) is 26.2 Å². The monoisotopic (exact) mass is 437 g/mol. The van der Waals surface area contributed by atoms with E-state index >= 15 is 0 Å². The molecular weight excluding hydrogens is 410 g/mol. The summed E-state index contributed by atoms with van der Waals surface area (Å²) in [6.45, 7) is 4.22. The maximum atomic E-state index is 12.8. The molecule has 1 aromatic heterocycles. The zero-order valence-corrected chi connectivity index (χ0v) is 18.8. The number of carbonyl (C=O) groups excluding carboxylic acids is 2. The number of nitrogens with zero attached hydrogens (tertiary/aromatic N) is 3. The van der Waals surface area contributed by atoms with E-state index in [2.05, 4.69) is 11.1 Å². The number of piperazine rings is 1. The van der Waals surface area contributed by atoms with Crippen LogP contribution in [0.25, 0.3) is 10.2 Å². The van der Waals surface area contributed by atoms with Crippen molar-refractivity contribution in [2.75, 3.05) is 33.3 Å². The molecule has 0 radical (unpaired) electrons. The van der Waals surface area contributed by atoms with Crippen molar-refractivity contribution in [3.8, 4) is 5.75 Å². The van der Waals surface area contributed by atoms with Gasteiger partial charge in [0.05, 0.1) is 22.3 Å². The van der Waals surface area contributed by atoms with E-state index in [4.69, 9.17) is 4.74 Å². The molecule has 1 saturated heterocycles. The Bertz CT molecular complexity index is 1050. The van der Waals surface area contributed by atoms with Crippen molar-refractivity contribution in [3.63, 3.8) is 0 Å². The summed E-state index contributed by atoms with van der Waals surface area (Å²) in [6, 6.07) is 13.6. The van der Waals surface area contributed by atoms with Gasteiger partial charge in [-0.2, -0.15) is 0 Å². The van der Waals surface area contributed by atoms with Crippen molar-refractivity contribution in [1.29, 1.82) is 0 Å². The molecule has 6 nitrogen and oxygen atoms in total. The largest absolute Gasteiger partial charge is 0.496 e. The highest BCUT2D eigenvalue weighted by Gasteiger charge is 2.25. The second-order valence-electron chi connectivity index (χ2n) is 7.79. The van der Waals surface area contributed by atoms with E-state index in [0.717, 1.165) is 28.9 Å². The molecular formula is C24H27N3O3S. The van der Waals surface area contributed by atoms with E-state index < -0.39 is 0 Å². The molecule has 1 aliphatic rings. The normalized spacial score (nSPS) is 14.1. The summed E-state index contributed by atoms with van der Waals surface area (Å²) in [6.07, 6.45) is 2.12. The Morgan fingerprint density at radius 3 is 2.55 bits per heavy atom. The Labute approximate surface area is 186 Å². The van der Waals surface area contributed by atoms with Crippen LogP contribution in [0, 0.1) is 6.92 Å². The fourth-order valence-electron chi connectivity index (χ4n) is 3.87. The summed E-state index contributed by atoms with van der Waals surface area (Å²) in [4.78, 5) is 33.8.